The molecule has 0 saturated heterocycles. The normalized spacial score (nSPS) is 12.9. The third kappa shape index (κ3) is 35.4. The number of hydrogen-bond donors (Lipinski definition) is 1. The molecule has 6 nitrogen and oxygen atoms in total. The molecule has 0 aliphatic rings. The predicted molar refractivity (Wildman–Crippen MR) is 201 cm³/mol. The zero-order chi connectivity index (χ0) is 35.3. The zero-order valence-corrected chi connectivity index (χ0v) is 31.7. The summed E-state index contributed by atoms with van der Waals surface area (Å²) in [5.41, 5.74) is 0. The zero-order valence-electron chi connectivity index (χ0n) is 31.7. The van der Waals surface area contributed by atoms with Crippen molar-refractivity contribution in [2.45, 2.75) is 207 Å². The fourth-order valence-electron chi connectivity index (χ4n) is 5.69. The van der Waals surface area contributed by atoms with Gasteiger partial charge in [-0.05, 0) is 44.1 Å². The van der Waals surface area contributed by atoms with Gasteiger partial charge in [0.15, 0.2) is 5.78 Å². The van der Waals surface area contributed by atoms with E-state index in [0.717, 1.165) is 63.7 Å². The molecule has 0 aromatic heterocycles. The summed E-state index contributed by atoms with van der Waals surface area (Å²) >= 11 is 0. The Morgan fingerprint density at radius 1 is 0.562 bits per heavy atom. The Bertz CT molecular complexity index is 804. The Morgan fingerprint density at radius 3 is 1.46 bits per heavy atom. The summed E-state index contributed by atoms with van der Waals surface area (Å²) in [5.74, 6) is 0.406. The summed E-state index contributed by atoms with van der Waals surface area (Å²) in [4.78, 5) is 35.8. The van der Waals surface area contributed by atoms with E-state index in [0.29, 0.717) is 19.3 Å². The lowest BCUT2D eigenvalue weighted by Gasteiger charge is -2.12. The summed E-state index contributed by atoms with van der Waals surface area (Å²) in [6.45, 7) is 6.54. The van der Waals surface area contributed by atoms with Gasteiger partial charge in [-0.2, -0.15) is 0 Å². The van der Waals surface area contributed by atoms with Gasteiger partial charge < -0.3 is 14.6 Å². The second-order valence-corrected chi connectivity index (χ2v) is 14.0. The molecule has 0 aliphatic carbocycles. The van der Waals surface area contributed by atoms with E-state index < -0.39 is 6.10 Å². The average molecular weight is 677 g/mol. The number of hydrogen-bond acceptors (Lipinski definition) is 6. The summed E-state index contributed by atoms with van der Waals surface area (Å²) < 4.78 is 10.3. The summed E-state index contributed by atoms with van der Waals surface area (Å²) in [7, 11) is 0. The number of carbonyl (C=O) groups is 3. The molecule has 0 saturated carbocycles. The molecule has 0 spiro atoms. The summed E-state index contributed by atoms with van der Waals surface area (Å²) in [6, 6.07) is 0. The number of aliphatic hydroxyl groups is 1. The van der Waals surface area contributed by atoms with Crippen LogP contribution >= 0.6 is 0 Å². The van der Waals surface area contributed by atoms with Gasteiger partial charge in [-0.1, -0.05) is 167 Å². The molecule has 0 radical (unpaired) electrons. The van der Waals surface area contributed by atoms with Crippen LogP contribution in [0.3, 0.4) is 0 Å². The van der Waals surface area contributed by atoms with Crippen LogP contribution in [0.4, 0.5) is 0 Å². The quantitative estimate of drug-likeness (QED) is 0.0307. The van der Waals surface area contributed by atoms with Gasteiger partial charge in [-0.25, -0.2) is 0 Å². The molecule has 0 aromatic rings. The van der Waals surface area contributed by atoms with Crippen molar-refractivity contribution in [3.8, 4) is 0 Å². The Morgan fingerprint density at radius 2 is 1.00 bits per heavy atom. The maximum Gasteiger partial charge on any atom is 0.305 e. The predicted octanol–water partition coefficient (Wildman–Crippen LogP) is 11.7. The maximum atomic E-state index is 12.0. The van der Waals surface area contributed by atoms with Gasteiger partial charge in [-0.15, -0.1) is 0 Å². The molecule has 0 heterocycles. The topological polar surface area (TPSA) is 89.9 Å². The Hall–Kier alpha value is -1.95. The Labute approximate surface area is 296 Å². The van der Waals surface area contributed by atoms with Crippen LogP contribution in [-0.2, 0) is 23.9 Å². The van der Waals surface area contributed by atoms with E-state index >= 15 is 0 Å². The summed E-state index contributed by atoms with van der Waals surface area (Å²) in [6.07, 6.45) is 37.6. The third-order valence-corrected chi connectivity index (χ3v) is 9.21. The van der Waals surface area contributed by atoms with Gasteiger partial charge >= 0.3 is 11.9 Å². The molecule has 1 unspecified atom stereocenters. The van der Waals surface area contributed by atoms with Gasteiger partial charge in [-0.3, -0.25) is 14.4 Å². The standard InChI is InChI=1S/C42H76O6/c1-4-6-7-8-17-22-27-32-39(43)33-28-23-20-25-30-35-42(46)48-37-40(44)36-47-41(45)34-29-24-19-16-14-12-10-9-11-13-15-18-21-26-31-38(3)5-2/h17,22,27,32,38,40,44H,4-16,18-21,23-26,28-31,33-37H2,1-3H3/b22-17-,32-27+/t38?,40-/m1/s1. The number of rotatable bonds is 36. The highest BCUT2D eigenvalue weighted by Gasteiger charge is 2.12. The van der Waals surface area contributed by atoms with E-state index in [2.05, 4.69) is 26.8 Å². The molecule has 6 heteroatoms. The molecule has 0 bridgehead atoms. The molecular formula is C42H76O6. The van der Waals surface area contributed by atoms with Crippen LogP contribution in [-0.4, -0.2) is 42.1 Å². The highest BCUT2D eigenvalue weighted by Crippen LogP contribution is 2.16. The molecular weight excluding hydrogens is 600 g/mol. The van der Waals surface area contributed by atoms with Crippen LogP contribution in [0.15, 0.2) is 24.3 Å². The van der Waals surface area contributed by atoms with Crippen molar-refractivity contribution in [2.75, 3.05) is 13.2 Å². The van der Waals surface area contributed by atoms with Crippen LogP contribution < -0.4 is 0 Å². The smallest absolute Gasteiger partial charge is 0.305 e. The lowest BCUT2D eigenvalue weighted by atomic mass is 9.99. The molecule has 0 aliphatic heterocycles. The average Bonchev–Trinajstić information content (AvgIpc) is 3.08. The first-order valence-electron chi connectivity index (χ1n) is 20.2. The fourth-order valence-corrected chi connectivity index (χ4v) is 5.69. The van der Waals surface area contributed by atoms with E-state index in [-0.39, 0.29) is 30.9 Å². The van der Waals surface area contributed by atoms with Crippen LogP contribution in [0.5, 0.6) is 0 Å². The van der Waals surface area contributed by atoms with E-state index in [4.69, 9.17) is 9.47 Å². The molecule has 0 amide bonds. The van der Waals surface area contributed by atoms with E-state index in [1.54, 1.807) is 6.08 Å². The van der Waals surface area contributed by atoms with Crippen molar-refractivity contribution < 1.29 is 29.0 Å². The second kappa shape index (κ2) is 36.3. The SMILES string of the molecule is CCCCC/C=C\C=C\C(=O)CCCCCCCC(=O)OC[C@H](O)COC(=O)CCCCCCCCCCCCCCCCC(C)CC. The molecule has 0 aromatic carbocycles. The fraction of sp³-hybridized carbons (Fsp3) is 0.833. The maximum absolute atomic E-state index is 12.0. The first kappa shape index (κ1) is 46.0. The monoisotopic (exact) mass is 677 g/mol. The van der Waals surface area contributed by atoms with E-state index in [9.17, 15) is 19.5 Å². The lowest BCUT2D eigenvalue weighted by molar-refractivity contribution is -0.152. The minimum absolute atomic E-state index is 0.145. The molecule has 0 rings (SSSR count). The van der Waals surface area contributed by atoms with Crippen LogP contribution in [0.2, 0.25) is 0 Å². The van der Waals surface area contributed by atoms with Gasteiger partial charge in [0.25, 0.3) is 0 Å². The number of aliphatic hydroxyl groups excluding tert-OH is 1. The number of carbonyl (C=O) groups excluding carboxylic acids is 3. The van der Waals surface area contributed by atoms with Gasteiger partial charge in [0, 0.05) is 19.3 Å². The largest absolute Gasteiger partial charge is 0.463 e. The number of unbranched alkanes of at least 4 members (excludes halogenated alkanes) is 20. The van der Waals surface area contributed by atoms with Gasteiger partial charge in [0.2, 0.25) is 0 Å². The van der Waals surface area contributed by atoms with Crippen molar-refractivity contribution in [3.63, 3.8) is 0 Å². The molecule has 280 valence electrons. The molecule has 0 fully saturated rings. The van der Waals surface area contributed by atoms with E-state index in [1.807, 2.05) is 12.2 Å². The number of ether oxygens (including phenoxy) is 2. The number of ketones is 1. The van der Waals surface area contributed by atoms with Gasteiger partial charge in [0.1, 0.15) is 19.3 Å². The Kier molecular flexibility index (Phi) is 34.9. The van der Waals surface area contributed by atoms with Crippen molar-refractivity contribution in [1.29, 1.82) is 0 Å². The highest BCUT2D eigenvalue weighted by molar-refractivity contribution is 5.89. The summed E-state index contributed by atoms with van der Waals surface area (Å²) in [5, 5.41) is 10.0. The third-order valence-electron chi connectivity index (χ3n) is 9.21. The second-order valence-electron chi connectivity index (χ2n) is 14.0. The van der Waals surface area contributed by atoms with Crippen LogP contribution in [0.1, 0.15) is 201 Å². The molecule has 2 atom stereocenters. The van der Waals surface area contributed by atoms with E-state index in [1.165, 1.54) is 103 Å². The highest BCUT2D eigenvalue weighted by atomic mass is 16.6. The van der Waals surface area contributed by atoms with Crippen molar-refractivity contribution >= 4 is 17.7 Å². The first-order valence-corrected chi connectivity index (χ1v) is 20.2. The van der Waals surface area contributed by atoms with Crippen molar-refractivity contribution in [1.82, 2.24) is 0 Å². The van der Waals surface area contributed by atoms with Crippen molar-refractivity contribution in [3.05, 3.63) is 24.3 Å². The molecule has 1 N–H and O–H groups in total. The minimum Gasteiger partial charge on any atom is -0.463 e. The minimum atomic E-state index is -1.000. The van der Waals surface area contributed by atoms with Crippen LogP contribution in [0.25, 0.3) is 0 Å². The molecule has 48 heavy (non-hydrogen) atoms. The lowest BCUT2D eigenvalue weighted by Crippen LogP contribution is -2.25. The number of esters is 2. The first-order chi connectivity index (χ1) is 23.4. The van der Waals surface area contributed by atoms with Gasteiger partial charge in [0.05, 0.1) is 0 Å². The number of allylic oxidation sites excluding steroid dienone is 4. The van der Waals surface area contributed by atoms with Crippen molar-refractivity contribution in [2.24, 2.45) is 5.92 Å². The Balaban J connectivity index is 3.49. The van der Waals surface area contributed by atoms with Crippen LogP contribution in [0, 0.1) is 5.92 Å².